The normalized spacial score (nSPS) is 16.4. The van der Waals surface area contributed by atoms with E-state index >= 15 is 0 Å². The summed E-state index contributed by atoms with van der Waals surface area (Å²) >= 11 is 0. The minimum Gasteiger partial charge on any atom is -0.493 e. The number of aromatic amines is 2. The van der Waals surface area contributed by atoms with Crippen molar-refractivity contribution in [3.63, 3.8) is 0 Å². The van der Waals surface area contributed by atoms with Crippen molar-refractivity contribution in [1.29, 1.82) is 0 Å². The van der Waals surface area contributed by atoms with Crippen LogP contribution in [0.5, 0.6) is 11.5 Å². The summed E-state index contributed by atoms with van der Waals surface area (Å²) in [5.41, 5.74) is 1.24. The van der Waals surface area contributed by atoms with Gasteiger partial charge in [0.2, 0.25) is 0 Å². The van der Waals surface area contributed by atoms with Crippen LogP contribution in [0.2, 0.25) is 0 Å². The number of rotatable bonds is 4. The fourth-order valence-corrected chi connectivity index (χ4v) is 3.47. The maximum Gasteiger partial charge on any atom is 0.261 e. The zero-order chi connectivity index (χ0) is 18.3. The van der Waals surface area contributed by atoms with Crippen LogP contribution in [0.1, 0.15) is 5.82 Å². The lowest BCUT2D eigenvalue weighted by molar-refractivity contribution is 0.145. The summed E-state index contributed by atoms with van der Waals surface area (Å²) in [6.07, 6.45) is 0. The Morgan fingerprint density at radius 2 is 1.77 bits per heavy atom. The number of fused-ring (bicyclic) bond motifs is 3. The van der Waals surface area contributed by atoms with Crippen molar-refractivity contribution in [3.05, 3.63) is 28.3 Å². The van der Waals surface area contributed by atoms with Gasteiger partial charge in [-0.3, -0.25) is 9.69 Å². The molecule has 1 aliphatic rings. The minimum atomic E-state index is -0.141. The Labute approximate surface area is 150 Å². The quantitative estimate of drug-likeness (QED) is 0.729. The zero-order valence-electron chi connectivity index (χ0n) is 15.3. The number of piperazine rings is 1. The average Bonchev–Trinajstić information content (AvgIpc) is 2.99. The molecule has 3 aromatic rings. The molecule has 0 amide bonds. The Morgan fingerprint density at radius 3 is 2.46 bits per heavy atom. The Morgan fingerprint density at radius 1 is 1.08 bits per heavy atom. The molecule has 1 fully saturated rings. The van der Waals surface area contributed by atoms with Crippen LogP contribution in [0, 0.1) is 0 Å². The van der Waals surface area contributed by atoms with Crippen molar-refractivity contribution in [2.45, 2.75) is 6.54 Å². The van der Waals surface area contributed by atoms with Gasteiger partial charge in [-0.2, -0.15) is 0 Å². The van der Waals surface area contributed by atoms with Gasteiger partial charge in [-0.25, -0.2) is 4.98 Å². The van der Waals surface area contributed by atoms with Gasteiger partial charge in [-0.15, -0.1) is 0 Å². The molecule has 0 unspecified atom stereocenters. The van der Waals surface area contributed by atoms with E-state index < -0.39 is 0 Å². The van der Waals surface area contributed by atoms with Crippen molar-refractivity contribution in [1.82, 2.24) is 24.8 Å². The van der Waals surface area contributed by atoms with Crippen LogP contribution in [0.4, 0.5) is 0 Å². The van der Waals surface area contributed by atoms with Crippen LogP contribution in [0.3, 0.4) is 0 Å². The van der Waals surface area contributed by atoms with E-state index in [1.165, 1.54) is 0 Å². The van der Waals surface area contributed by atoms with E-state index in [2.05, 4.69) is 31.8 Å². The third-order valence-electron chi connectivity index (χ3n) is 4.98. The second kappa shape index (κ2) is 6.62. The summed E-state index contributed by atoms with van der Waals surface area (Å²) < 4.78 is 10.7. The van der Waals surface area contributed by atoms with Crippen molar-refractivity contribution < 1.29 is 9.47 Å². The maximum atomic E-state index is 12.7. The lowest BCUT2D eigenvalue weighted by Gasteiger charge is -2.31. The number of ether oxygens (including phenoxy) is 2. The summed E-state index contributed by atoms with van der Waals surface area (Å²) in [5, 5.41) is 1.32. The highest BCUT2D eigenvalue weighted by atomic mass is 16.5. The minimum absolute atomic E-state index is 0.141. The molecule has 2 aromatic heterocycles. The summed E-state index contributed by atoms with van der Waals surface area (Å²) in [6.45, 7) is 4.64. The summed E-state index contributed by atoms with van der Waals surface area (Å²) in [4.78, 5) is 28.1. The van der Waals surface area contributed by atoms with Gasteiger partial charge in [0.1, 0.15) is 11.5 Å². The molecular weight excluding hydrogens is 334 g/mol. The van der Waals surface area contributed by atoms with E-state index in [-0.39, 0.29) is 5.56 Å². The second-order valence-corrected chi connectivity index (χ2v) is 6.69. The van der Waals surface area contributed by atoms with Crippen LogP contribution in [0.15, 0.2) is 16.9 Å². The van der Waals surface area contributed by atoms with E-state index in [0.717, 1.165) is 37.1 Å². The highest BCUT2D eigenvalue weighted by molar-refractivity contribution is 6.06. The fraction of sp³-hybridized carbons (Fsp3) is 0.444. The van der Waals surface area contributed by atoms with E-state index in [9.17, 15) is 4.79 Å². The van der Waals surface area contributed by atoms with Gasteiger partial charge in [0.25, 0.3) is 5.56 Å². The van der Waals surface area contributed by atoms with Crippen LogP contribution >= 0.6 is 0 Å². The monoisotopic (exact) mass is 357 g/mol. The van der Waals surface area contributed by atoms with Gasteiger partial charge in [-0.05, 0) is 13.1 Å². The van der Waals surface area contributed by atoms with Crippen molar-refractivity contribution >= 4 is 21.9 Å². The van der Waals surface area contributed by atoms with E-state index in [4.69, 9.17) is 9.47 Å². The van der Waals surface area contributed by atoms with Crippen molar-refractivity contribution in [2.24, 2.45) is 0 Å². The van der Waals surface area contributed by atoms with Gasteiger partial charge in [0.15, 0.2) is 11.5 Å². The van der Waals surface area contributed by atoms with E-state index in [1.807, 2.05) is 12.1 Å². The van der Waals surface area contributed by atoms with Gasteiger partial charge >= 0.3 is 0 Å². The molecule has 8 nitrogen and oxygen atoms in total. The lowest BCUT2D eigenvalue weighted by Crippen LogP contribution is -2.44. The fourth-order valence-electron chi connectivity index (χ4n) is 3.47. The standard InChI is InChI=1S/C18H23N5O3/c1-22-4-6-23(7-5-22)10-15-20-17-16(18(24)21-15)11-8-13(25-2)14(26-3)9-12(11)19-17/h8-9H,4-7,10H2,1-3H3,(H2,19,20,21,24). The largest absolute Gasteiger partial charge is 0.493 e. The molecule has 8 heteroatoms. The van der Waals surface area contributed by atoms with E-state index in [1.54, 1.807) is 14.2 Å². The predicted molar refractivity (Wildman–Crippen MR) is 100 cm³/mol. The molecule has 3 heterocycles. The number of likely N-dealkylation sites (N-methyl/N-ethyl adjacent to an activating group) is 1. The number of benzene rings is 1. The molecule has 0 aliphatic carbocycles. The molecule has 0 saturated carbocycles. The highest BCUT2D eigenvalue weighted by Crippen LogP contribution is 2.34. The highest BCUT2D eigenvalue weighted by Gasteiger charge is 2.18. The van der Waals surface area contributed by atoms with Gasteiger partial charge in [0.05, 0.1) is 31.7 Å². The summed E-state index contributed by atoms with van der Waals surface area (Å²) in [6, 6.07) is 3.64. The molecule has 26 heavy (non-hydrogen) atoms. The smallest absolute Gasteiger partial charge is 0.261 e. The molecule has 1 saturated heterocycles. The Balaban J connectivity index is 1.75. The summed E-state index contributed by atoms with van der Waals surface area (Å²) in [5.74, 6) is 1.87. The van der Waals surface area contributed by atoms with Crippen LogP contribution in [-0.4, -0.2) is 72.2 Å². The first-order valence-electron chi connectivity index (χ1n) is 8.66. The number of nitrogens with one attached hydrogen (secondary N) is 2. The number of hydrogen-bond acceptors (Lipinski definition) is 6. The predicted octanol–water partition coefficient (Wildman–Crippen LogP) is 1.17. The second-order valence-electron chi connectivity index (χ2n) is 6.69. The molecule has 4 rings (SSSR count). The Kier molecular flexibility index (Phi) is 4.29. The number of aromatic nitrogens is 3. The van der Waals surface area contributed by atoms with Crippen LogP contribution in [-0.2, 0) is 6.54 Å². The molecule has 0 radical (unpaired) electrons. The Hall–Kier alpha value is -2.58. The zero-order valence-corrected chi connectivity index (χ0v) is 15.3. The maximum absolute atomic E-state index is 12.7. The van der Waals surface area contributed by atoms with Gasteiger partial charge < -0.3 is 24.3 Å². The molecule has 0 bridgehead atoms. The SMILES string of the molecule is COc1cc2[nH]c3nc(CN4CCN(C)CC4)[nH]c(=O)c3c2cc1OC. The van der Waals surface area contributed by atoms with Crippen LogP contribution in [0.25, 0.3) is 21.9 Å². The first-order valence-corrected chi connectivity index (χ1v) is 8.66. The van der Waals surface area contributed by atoms with Crippen molar-refractivity contribution in [3.8, 4) is 11.5 Å². The topological polar surface area (TPSA) is 86.5 Å². The number of H-pyrrole nitrogens is 2. The third-order valence-corrected chi connectivity index (χ3v) is 4.98. The first kappa shape index (κ1) is 16.9. The average molecular weight is 357 g/mol. The summed E-state index contributed by atoms with van der Waals surface area (Å²) in [7, 11) is 5.29. The molecule has 1 aromatic carbocycles. The molecule has 0 spiro atoms. The van der Waals surface area contributed by atoms with Gasteiger partial charge in [-0.1, -0.05) is 0 Å². The molecule has 2 N–H and O–H groups in total. The van der Waals surface area contributed by atoms with Crippen molar-refractivity contribution in [2.75, 3.05) is 47.4 Å². The number of hydrogen-bond donors (Lipinski definition) is 2. The lowest BCUT2D eigenvalue weighted by atomic mass is 10.2. The first-order chi connectivity index (χ1) is 12.6. The molecule has 0 atom stereocenters. The molecular formula is C18H23N5O3. The molecule has 1 aliphatic heterocycles. The van der Waals surface area contributed by atoms with E-state index in [0.29, 0.717) is 34.9 Å². The molecule has 138 valence electrons. The number of methoxy groups -OCH3 is 2. The van der Waals surface area contributed by atoms with Crippen LogP contribution < -0.4 is 15.0 Å². The third kappa shape index (κ3) is 2.91. The van der Waals surface area contributed by atoms with Gasteiger partial charge in [0, 0.05) is 37.6 Å². The number of nitrogens with zero attached hydrogens (tertiary/aromatic N) is 3. The Bertz CT molecular complexity index is 1000.